The summed E-state index contributed by atoms with van der Waals surface area (Å²) in [5.41, 5.74) is 2.84. The number of benzene rings is 2. The van der Waals surface area contributed by atoms with Crippen LogP contribution in [0.5, 0.6) is 0 Å². The summed E-state index contributed by atoms with van der Waals surface area (Å²) in [5, 5.41) is 15.2. The first-order valence-electron chi connectivity index (χ1n) is 12.9. The van der Waals surface area contributed by atoms with Gasteiger partial charge in [-0.15, -0.1) is 0 Å². The number of piperidine rings is 1. The van der Waals surface area contributed by atoms with E-state index in [4.69, 9.17) is 9.73 Å². The van der Waals surface area contributed by atoms with Crippen LogP contribution in [0, 0.1) is 11.5 Å². The predicted molar refractivity (Wildman–Crippen MR) is 145 cm³/mol. The zero-order valence-corrected chi connectivity index (χ0v) is 21.5. The third kappa shape index (κ3) is 6.79. The number of ether oxygens (including phenoxy) is 1. The van der Waals surface area contributed by atoms with E-state index in [1.54, 1.807) is 7.11 Å². The molecule has 192 valence electrons. The quantitative estimate of drug-likeness (QED) is 0.244. The molecular formula is C30H35N5O2. The van der Waals surface area contributed by atoms with E-state index in [0.717, 1.165) is 43.6 Å². The number of carbonyl (C=O) groups is 1. The number of amides is 1. The minimum Gasteiger partial charge on any atom is -0.495 e. The predicted octanol–water partition coefficient (Wildman–Crippen LogP) is 4.40. The molecule has 1 amide bonds. The number of aliphatic imine (C=N–C) groups is 1. The van der Waals surface area contributed by atoms with Crippen LogP contribution in [-0.4, -0.2) is 43.5 Å². The summed E-state index contributed by atoms with van der Waals surface area (Å²) in [4.78, 5) is 20.1. The molecule has 0 unspecified atom stereocenters. The fourth-order valence-corrected chi connectivity index (χ4v) is 5.17. The van der Waals surface area contributed by atoms with Crippen molar-refractivity contribution in [1.82, 2.24) is 15.5 Å². The molecular weight excluding hydrogens is 462 g/mol. The highest BCUT2D eigenvalue weighted by molar-refractivity contribution is 5.82. The summed E-state index contributed by atoms with van der Waals surface area (Å²) < 4.78 is 5.45. The smallest absolute Gasteiger partial charge is 0.225 e. The number of likely N-dealkylation sites (tertiary alicyclic amines) is 1. The van der Waals surface area contributed by atoms with Crippen LogP contribution in [0.3, 0.4) is 0 Å². The second kappa shape index (κ2) is 12.8. The molecule has 1 aliphatic carbocycles. The molecule has 7 heteroatoms. The van der Waals surface area contributed by atoms with Gasteiger partial charge in [0.2, 0.25) is 11.9 Å². The lowest BCUT2D eigenvalue weighted by atomic mass is 9.70. The van der Waals surface area contributed by atoms with Crippen LogP contribution in [0.25, 0.3) is 0 Å². The van der Waals surface area contributed by atoms with E-state index in [-0.39, 0.29) is 11.3 Å². The molecule has 2 N–H and O–H groups in total. The molecule has 0 radical (unpaired) electrons. The van der Waals surface area contributed by atoms with Crippen LogP contribution in [0.2, 0.25) is 0 Å². The van der Waals surface area contributed by atoms with Crippen molar-refractivity contribution in [1.29, 1.82) is 5.26 Å². The number of hydrogen-bond acceptors (Lipinski definition) is 4. The lowest BCUT2D eigenvalue weighted by Crippen LogP contribution is -2.50. The molecule has 7 nitrogen and oxygen atoms in total. The molecule has 0 saturated carbocycles. The van der Waals surface area contributed by atoms with Gasteiger partial charge in [0.25, 0.3) is 0 Å². The van der Waals surface area contributed by atoms with E-state index in [9.17, 15) is 10.1 Å². The molecule has 2 aromatic carbocycles. The molecule has 1 fully saturated rings. The lowest BCUT2D eigenvalue weighted by Gasteiger charge is -2.42. The van der Waals surface area contributed by atoms with Gasteiger partial charge >= 0.3 is 0 Å². The Hall–Kier alpha value is -4.05. The maximum atomic E-state index is 13.3. The van der Waals surface area contributed by atoms with Gasteiger partial charge in [-0.1, -0.05) is 66.7 Å². The van der Waals surface area contributed by atoms with Gasteiger partial charge in [0, 0.05) is 31.5 Å². The molecule has 2 aromatic rings. The highest BCUT2D eigenvalue weighted by Crippen LogP contribution is 2.39. The fourth-order valence-electron chi connectivity index (χ4n) is 5.17. The van der Waals surface area contributed by atoms with Gasteiger partial charge in [0.05, 0.1) is 12.8 Å². The molecule has 2 aliphatic rings. The zero-order valence-electron chi connectivity index (χ0n) is 21.5. The number of guanidine groups is 1. The van der Waals surface area contributed by atoms with Crippen LogP contribution in [0.15, 0.2) is 89.3 Å². The van der Waals surface area contributed by atoms with Crippen LogP contribution in [0.1, 0.15) is 43.2 Å². The lowest BCUT2D eigenvalue weighted by molar-refractivity contribution is -0.122. The average Bonchev–Trinajstić information content (AvgIpc) is 2.94. The van der Waals surface area contributed by atoms with Crippen LogP contribution >= 0.6 is 0 Å². The molecule has 0 bridgehead atoms. The van der Waals surface area contributed by atoms with Crippen molar-refractivity contribution < 1.29 is 9.53 Å². The Morgan fingerprint density at radius 1 is 1.05 bits per heavy atom. The molecule has 37 heavy (non-hydrogen) atoms. The van der Waals surface area contributed by atoms with E-state index < -0.39 is 0 Å². The minimum absolute atomic E-state index is 0.0136. The molecule has 0 spiro atoms. The first-order valence-corrected chi connectivity index (χ1v) is 12.9. The molecule has 0 aromatic heterocycles. The van der Waals surface area contributed by atoms with E-state index in [2.05, 4.69) is 39.8 Å². The molecule has 1 heterocycles. The number of methoxy groups -OCH3 is 1. The van der Waals surface area contributed by atoms with E-state index in [0.29, 0.717) is 32.0 Å². The Morgan fingerprint density at radius 3 is 2.41 bits per heavy atom. The normalized spacial score (nSPS) is 17.2. The Kier molecular flexibility index (Phi) is 8.98. The summed E-state index contributed by atoms with van der Waals surface area (Å²) in [6.07, 6.45) is 10.6. The number of rotatable bonds is 8. The first-order chi connectivity index (χ1) is 18.1. The van der Waals surface area contributed by atoms with Gasteiger partial charge in [0.15, 0.2) is 6.19 Å². The van der Waals surface area contributed by atoms with Crippen LogP contribution < -0.4 is 10.6 Å². The topological polar surface area (TPSA) is 89.8 Å². The molecule has 0 atom stereocenters. The van der Waals surface area contributed by atoms with Gasteiger partial charge in [-0.2, -0.15) is 5.26 Å². The van der Waals surface area contributed by atoms with Crippen molar-refractivity contribution in [3.05, 3.63) is 95.4 Å². The Labute approximate surface area is 219 Å². The Bertz CT molecular complexity index is 1170. The van der Waals surface area contributed by atoms with Crippen molar-refractivity contribution in [2.24, 2.45) is 4.99 Å². The van der Waals surface area contributed by atoms with E-state index in [1.165, 1.54) is 11.1 Å². The highest BCUT2D eigenvalue weighted by atomic mass is 16.5. The van der Waals surface area contributed by atoms with Crippen molar-refractivity contribution >= 4 is 11.9 Å². The maximum Gasteiger partial charge on any atom is 0.225 e. The summed E-state index contributed by atoms with van der Waals surface area (Å²) in [5.74, 6) is 1.31. The third-order valence-corrected chi connectivity index (χ3v) is 7.18. The van der Waals surface area contributed by atoms with Crippen LogP contribution in [0.4, 0.5) is 0 Å². The number of nitriles is 1. The largest absolute Gasteiger partial charge is 0.495 e. The summed E-state index contributed by atoms with van der Waals surface area (Å²) in [6, 6.07) is 20.5. The van der Waals surface area contributed by atoms with Gasteiger partial charge in [-0.05, 0) is 49.3 Å². The van der Waals surface area contributed by atoms with E-state index in [1.807, 2.05) is 54.7 Å². The van der Waals surface area contributed by atoms with Crippen LogP contribution in [-0.2, 0) is 21.4 Å². The monoisotopic (exact) mass is 497 g/mol. The van der Waals surface area contributed by atoms with Crippen molar-refractivity contribution in [3.63, 3.8) is 0 Å². The molecule has 1 saturated heterocycles. The second-order valence-electron chi connectivity index (χ2n) is 9.50. The van der Waals surface area contributed by atoms with Gasteiger partial charge in [-0.3, -0.25) is 15.1 Å². The highest BCUT2D eigenvalue weighted by Gasteiger charge is 2.39. The van der Waals surface area contributed by atoms with Crippen molar-refractivity contribution in [2.75, 3.05) is 26.7 Å². The zero-order chi connectivity index (χ0) is 25.9. The summed E-state index contributed by atoms with van der Waals surface area (Å²) in [7, 11) is 1.63. The summed E-state index contributed by atoms with van der Waals surface area (Å²) in [6.45, 7) is 2.00. The standard InChI is InChI=1S/C30H35N5O2/c1-37-27-15-9-8-14-26(27)34-28(36)22-30(25-12-6-3-7-13-25)17-20-35(21-18-30)29(33-23-31)32-19-16-24-10-4-2-5-11-24/h2-7,10-15H,8-9,16-22H2,1H3,(H,32,33)(H,34,36). The number of hydrogen-bond donors (Lipinski definition) is 2. The van der Waals surface area contributed by atoms with Gasteiger partial charge in [0.1, 0.15) is 5.76 Å². The number of carbonyl (C=O) groups excluding carboxylic acids is 1. The van der Waals surface area contributed by atoms with Crippen molar-refractivity contribution in [3.8, 4) is 6.19 Å². The first kappa shape index (κ1) is 26.0. The van der Waals surface area contributed by atoms with Gasteiger partial charge < -0.3 is 15.0 Å². The maximum absolute atomic E-state index is 13.3. The summed E-state index contributed by atoms with van der Waals surface area (Å²) >= 11 is 0. The Morgan fingerprint density at radius 2 is 1.73 bits per heavy atom. The number of nitrogens with one attached hydrogen (secondary N) is 2. The fraction of sp³-hybridized carbons (Fsp3) is 0.367. The SMILES string of the molecule is COC1=CCCC=C1NC(=O)CC1(c2ccccc2)CCN(C(=NCCc2ccccc2)NC#N)CC1. The average molecular weight is 498 g/mol. The van der Waals surface area contributed by atoms with Crippen molar-refractivity contribution in [2.45, 2.75) is 43.9 Å². The molecule has 1 aliphatic heterocycles. The second-order valence-corrected chi connectivity index (χ2v) is 9.50. The van der Waals surface area contributed by atoms with Gasteiger partial charge in [-0.25, -0.2) is 0 Å². The number of nitrogens with zero attached hydrogens (tertiary/aromatic N) is 3. The van der Waals surface area contributed by atoms with E-state index >= 15 is 0 Å². The molecule has 4 rings (SSSR count). The Balaban J connectivity index is 1.45. The number of allylic oxidation sites excluding steroid dienone is 2. The third-order valence-electron chi connectivity index (χ3n) is 7.18. The minimum atomic E-state index is -0.296.